The van der Waals surface area contributed by atoms with Crippen LogP contribution in [0.15, 0.2) is 11.6 Å². The van der Waals surface area contributed by atoms with Gasteiger partial charge in [-0.1, -0.05) is 0 Å². The maximum atomic E-state index is 11.2. The first-order chi connectivity index (χ1) is 5.79. The van der Waals surface area contributed by atoms with Gasteiger partial charge in [-0.2, -0.15) is 0 Å². The predicted octanol–water partition coefficient (Wildman–Crippen LogP) is 1.49. The Kier molecular flexibility index (Phi) is 1.73. The Hall–Kier alpha value is -1.10. The molecule has 1 aromatic rings. The van der Waals surface area contributed by atoms with Crippen molar-refractivity contribution in [2.45, 2.75) is 13.0 Å². The van der Waals surface area contributed by atoms with Crippen molar-refractivity contribution >= 4 is 22.6 Å². The molecule has 1 aromatic heterocycles. The average Bonchev–Trinajstić information content (AvgIpc) is 2.61. The van der Waals surface area contributed by atoms with Gasteiger partial charge in [-0.15, -0.1) is 11.3 Å². The average molecular weight is 184 g/mol. The lowest BCUT2D eigenvalue weighted by molar-refractivity contribution is 0.179. The highest BCUT2D eigenvalue weighted by Crippen LogP contribution is 2.24. The van der Waals surface area contributed by atoms with Crippen molar-refractivity contribution in [2.24, 2.45) is 0 Å². The number of hydrogen-bond acceptors (Lipinski definition) is 4. The number of rotatable bonds is 1. The number of anilines is 1. The van der Waals surface area contributed by atoms with E-state index in [-0.39, 0.29) is 12.1 Å². The Balaban J connectivity index is 2.28. The normalized spacial score (nSPS) is 22.9. The summed E-state index contributed by atoms with van der Waals surface area (Å²) in [6.07, 6.45) is 1.38. The molecule has 2 rings (SSSR count). The van der Waals surface area contributed by atoms with E-state index in [4.69, 9.17) is 4.74 Å². The van der Waals surface area contributed by atoms with E-state index < -0.39 is 0 Å². The van der Waals surface area contributed by atoms with Crippen LogP contribution in [0.3, 0.4) is 0 Å². The fraction of sp³-hybridized carbons (Fsp3) is 0.429. The second-order valence-corrected chi connectivity index (χ2v) is 3.48. The summed E-state index contributed by atoms with van der Waals surface area (Å²) in [6.45, 7) is 2.39. The monoisotopic (exact) mass is 184 g/mol. The summed E-state index contributed by atoms with van der Waals surface area (Å²) in [5.74, 6) is 0. The van der Waals surface area contributed by atoms with Gasteiger partial charge in [0.15, 0.2) is 5.13 Å². The molecule has 0 unspecified atom stereocenters. The number of thiazole rings is 1. The molecule has 5 heteroatoms. The SMILES string of the molecule is C[C@@H]1COC(=O)N1c1nccs1. The highest BCUT2D eigenvalue weighted by molar-refractivity contribution is 7.13. The van der Waals surface area contributed by atoms with Gasteiger partial charge in [0.1, 0.15) is 6.61 Å². The van der Waals surface area contributed by atoms with E-state index in [0.29, 0.717) is 11.7 Å². The molecule has 1 amide bonds. The number of ether oxygens (including phenoxy) is 1. The summed E-state index contributed by atoms with van der Waals surface area (Å²) in [5, 5.41) is 2.55. The Morgan fingerprint density at radius 1 is 1.83 bits per heavy atom. The summed E-state index contributed by atoms with van der Waals surface area (Å²) >= 11 is 1.44. The summed E-state index contributed by atoms with van der Waals surface area (Å²) in [6, 6.07) is 0.101. The maximum Gasteiger partial charge on any atom is 0.416 e. The molecule has 1 aliphatic rings. The van der Waals surface area contributed by atoms with E-state index in [0.717, 1.165) is 0 Å². The van der Waals surface area contributed by atoms with Gasteiger partial charge in [-0.05, 0) is 6.92 Å². The van der Waals surface area contributed by atoms with Crippen LogP contribution in [0, 0.1) is 0 Å². The lowest BCUT2D eigenvalue weighted by atomic mass is 10.4. The van der Waals surface area contributed by atoms with Crippen molar-refractivity contribution in [3.63, 3.8) is 0 Å². The van der Waals surface area contributed by atoms with Crippen LogP contribution in [-0.2, 0) is 4.74 Å². The van der Waals surface area contributed by atoms with Crippen molar-refractivity contribution in [3.05, 3.63) is 11.6 Å². The molecule has 1 aliphatic heterocycles. The lowest BCUT2D eigenvalue weighted by Gasteiger charge is -2.13. The summed E-state index contributed by atoms with van der Waals surface area (Å²) < 4.78 is 4.86. The maximum absolute atomic E-state index is 11.2. The minimum atomic E-state index is -0.294. The number of carbonyl (C=O) groups excluding carboxylic acids is 1. The fourth-order valence-corrected chi connectivity index (χ4v) is 1.85. The lowest BCUT2D eigenvalue weighted by Crippen LogP contribution is -2.30. The van der Waals surface area contributed by atoms with Crippen LogP contribution < -0.4 is 4.90 Å². The fourth-order valence-electron chi connectivity index (χ4n) is 1.12. The topological polar surface area (TPSA) is 42.4 Å². The molecule has 4 nitrogen and oxygen atoms in total. The quantitative estimate of drug-likeness (QED) is 0.664. The molecular weight excluding hydrogens is 176 g/mol. The summed E-state index contributed by atoms with van der Waals surface area (Å²) in [7, 11) is 0. The van der Waals surface area contributed by atoms with Gasteiger partial charge < -0.3 is 4.74 Å². The van der Waals surface area contributed by atoms with Crippen LogP contribution in [0.2, 0.25) is 0 Å². The Bertz CT molecular complexity index is 286. The number of carbonyl (C=O) groups is 1. The molecule has 0 spiro atoms. The van der Waals surface area contributed by atoms with E-state index in [1.54, 1.807) is 11.1 Å². The molecule has 0 aliphatic carbocycles. The zero-order valence-corrected chi connectivity index (χ0v) is 7.37. The molecule has 0 saturated carbocycles. The van der Waals surface area contributed by atoms with Crippen LogP contribution in [-0.4, -0.2) is 23.7 Å². The molecule has 2 heterocycles. The largest absolute Gasteiger partial charge is 0.447 e. The molecular formula is C7H8N2O2S. The first-order valence-electron chi connectivity index (χ1n) is 3.64. The molecule has 1 saturated heterocycles. The van der Waals surface area contributed by atoms with Crippen LogP contribution in [0.1, 0.15) is 6.92 Å². The third-order valence-corrected chi connectivity index (χ3v) is 2.48. The number of cyclic esters (lactones) is 1. The molecule has 64 valence electrons. The van der Waals surface area contributed by atoms with Crippen molar-refractivity contribution in [1.29, 1.82) is 0 Å². The zero-order chi connectivity index (χ0) is 8.55. The highest BCUT2D eigenvalue weighted by Gasteiger charge is 2.32. The smallest absolute Gasteiger partial charge is 0.416 e. The molecule has 0 N–H and O–H groups in total. The van der Waals surface area contributed by atoms with Gasteiger partial charge in [-0.3, -0.25) is 0 Å². The van der Waals surface area contributed by atoms with Gasteiger partial charge >= 0.3 is 6.09 Å². The van der Waals surface area contributed by atoms with Crippen LogP contribution in [0.4, 0.5) is 9.93 Å². The van der Waals surface area contributed by atoms with E-state index >= 15 is 0 Å². The van der Waals surface area contributed by atoms with E-state index in [1.807, 2.05) is 12.3 Å². The summed E-state index contributed by atoms with van der Waals surface area (Å²) in [4.78, 5) is 16.8. The number of hydrogen-bond donors (Lipinski definition) is 0. The third-order valence-electron chi connectivity index (χ3n) is 1.71. The first-order valence-corrected chi connectivity index (χ1v) is 4.52. The van der Waals surface area contributed by atoms with E-state index in [2.05, 4.69) is 4.98 Å². The minimum Gasteiger partial charge on any atom is -0.447 e. The molecule has 0 aromatic carbocycles. The third kappa shape index (κ3) is 1.06. The Morgan fingerprint density at radius 2 is 2.67 bits per heavy atom. The van der Waals surface area contributed by atoms with Crippen molar-refractivity contribution in [2.75, 3.05) is 11.5 Å². The first kappa shape index (κ1) is 7.54. The molecule has 0 bridgehead atoms. The van der Waals surface area contributed by atoms with E-state index in [1.165, 1.54) is 11.3 Å². The van der Waals surface area contributed by atoms with Crippen LogP contribution in [0.5, 0.6) is 0 Å². The van der Waals surface area contributed by atoms with Gasteiger partial charge in [0.05, 0.1) is 6.04 Å². The predicted molar refractivity (Wildman–Crippen MR) is 45.4 cm³/mol. The molecule has 12 heavy (non-hydrogen) atoms. The second-order valence-electron chi connectivity index (χ2n) is 2.61. The van der Waals surface area contributed by atoms with Gasteiger partial charge in [0.25, 0.3) is 0 Å². The molecule has 1 atom stereocenters. The van der Waals surface area contributed by atoms with Crippen molar-refractivity contribution in [3.8, 4) is 0 Å². The zero-order valence-electron chi connectivity index (χ0n) is 6.56. The van der Waals surface area contributed by atoms with Crippen molar-refractivity contribution in [1.82, 2.24) is 4.98 Å². The van der Waals surface area contributed by atoms with Crippen LogP contribution in [0.25, 0.3) is 0 Å². The molecule has 1 fully saturated rings. The Morgan fingerprint density at radius 3 is 3.17 bits per heavy atom. The Labute approximate surface area is 73.8 Å². The van der Waals surface area contributed by atoms with Gasteiger partial charge in [-0.25, -0.2) is 14.7 Å². The van der Waals surface area contributed by atoms with Gasteiger partial charge in [0, 0.05) is 11.6 Å². The van der Waals surface area contributed by atoms with Crippen molar-refractivity contribution < 1.29 is 9.53 Å². The minimum absolute atomic E-state index is 0.101. The highest BCUT2D eigenvalue weighted by atomic mass is 32.1. The molecule has 0 radical (unpaired) electrons. The van der Waals surface area contributed by atoms with Crippen LogP contribution >= 0.6 is 11.3 Å². The number of nitrogens with zero attached hydrogens (tertiary/aromatic N) is 2. The second kappa shape index (κ2) is 2.75. The number of amides is 1. The number of aromatic nitrogens is 1. The summed E-state index contributed by atoms with van der Waals surface area (Å²) in [5.41, 5.74) is 0. The standard InChI is InChI=1S/C7H8N2O2S/c1-5-4-11-7(10)9(5)6-8-2-3-12-6/h2-3,5H,4H2,1H3/t5-/m1/s1. The van der Waals surface area contributed by atoms with E-state index in [9.17, 15) is 4.79 Å². The van der Waals surface area contributed by atoms with Gasteiger partial charge in [0.2, 0.25) is 0 Å².